The lowest BCUT2D eigenvalue weighted by Gasteiger charge is -2.26. The Morgan fingerprint density at radius 2 is 1.90 bits per heavy atom. The van der Waals surface area contributed by atoms with Crippen LogP contribution in [0, 0.1) is 5.92 Å². The molecule has 2 aliphatic heterocycles. The summed E-state index contributed by atoms with van der Waals surface area (Å²) in [4.78, 5) is 23.9. The summed E-state index contributed by atoms with van der Waals surface area (Å²) in [6.45, 7) is 4.72. The van der Waals surface area contributed by atoms with Gasteiger partial charge < -0.3 is 14.5 Å². The molecule has 3 aliphatic rings. The number of hydrogen-bond donors (Lipinski definition) is 1. The van der Waals surface area contributed by atoms with Crippen LogP contribution in [-0.4, -0.2) is 59.6 Å². The largest absolute Gasteiger partial charge is 0.381 e. The minimum absolute atomic E-state index is 0.000115. The molecule has 1 aromatic heterocycles. The summed E-state index contributed by atoms with van der Waals surface area (Å²) in [6, 6.07) is -0.154. The van der Waals surface area contributed by atoms with Crippen molar-refractivity contribution in [1.82, 2.24) is 9.97 Å². The van der Waals surface area contributed by atoms with Crippen LogP contribution in [0.4, 0.5) is 8.78 Å². The Bertz CT molecular complexity index is 969. The van der Waals surface area contributed by atoms with Gasteiger partial charge in [-0.25, -0.2) is 13.8 Å². The van der Waals surface area contributed by atoms with E-state index in [1.54, 1.807) is 11.8 Å². The number of halogens is 2. The highest BCUT2D eigenvalue weighted by atomic mass is 32.2. The van der Waals surface area contributed by atoms with Gasteiger partial charge in [0, 0.05) is 31.7 Å². The molecule has 3 heterocycles. The normalized spacial score (nSPS) is 25.8. The molecule has 1 aromatic rings. The third kappa shape index (κ3) is 4.84. The van der Waals surface area contributed by atoms with E-state index in [0.717, 1.165) is 38.9 Å². The molecule has 164 valence electrons. The maximum absolute atomic E-state index is 14.7. The number of nitrogens with one attached hydrogen (secondary N) is 1. The summed E-state index contributed by atoms with van der Waals surface area (Å²) in [7, 11) is 0. The minimum atomic E-state index is -2.04. The van der Waals surface area contributed by atoms with Crippen LogP contribution in [0.3, 0.4) is 0 Å². The highest BCUT2D eigenvalue weighted by molar-refractivity contribution is 7.99. The number of alkyl halides is 1. The minimum Gasteiger partial charge on any atom is -0.381 e. The van der Waals surface area contributed by atoms with Crippen molar-refractivity contribution in [2.75, 3.05) is 26.4 Å². The van der Waals surface area contributed by atoms with Gasteiger partial charge in [0.15, 0.2) is 12.0 Å². The summed E-state index contributed by atoms with van der Waals surface area (Å²) in [5.74, 6) is 0.137. The lowest BCUT2D eigenvalue weighted by molar-refractivity contribution is 0.0605. The Morgan fingerprint density at radius 3 is 2.60 bits per heavy atom. The predicted molar refractivity (Wildman–Crippen MR) is 114 cm³/mol. The Labute approximate surface area is 177 Å². The highest BCUT2D eigenvalue weighted by Crippen LogP contribution is 2.24. The van der Waals surface area contributed by atoms with E-state index in [1.165, 1.54) is 6.08 Å². The van der Waals surface area contributed by atoms with E-state index < -0.39 is 17.6 Å². The number of ether oxygens (including phenoxy) is 2. The first kappa shape index (κ1) is 21.6. The van der Waals surface area contributed by atoms with Gasteiger partial charge in [-0.05, 0) is 44.6 Å². The van der Waals surface area contributed by atoms with Gasteiger partial charge in [0.2, 0.25) is 0 Å². The Hall–Kier alpha value is -1.58. The number of rotatable bonds is 5. The number of fused-ring (bicyclic) bond motifs is 1. The lowest BCUT2D eigenvalue weighted by Crippen LogP contribution is -2.50. The van der Waals surface area contributed by atoms with Gasteiger partial charge in [0.1, 0.15) is 11.0 Å². The van der Waals surface area contributed by atoms with Crippen molar-refractivity contribution >= 4 is 29.4 Å². The second-order valence-corrected chi connectivity index (χ2v) is 9.28. The number of H-pyrrole nitrogens is 1. The summed E-state index contributed by atoms with van der Waals surface area (Å²) < 4.78 is 40.2. The van der Waals surface area contributed by atoms with Crippen molar-refractivity contribution in [3.8, 4) is 0 Å². The maximum atomic E-state index is 14.7. The molecule has 1 aliphatic carbocycles. The molecule has 9 heteroatoms. The first-order valence-electron chi connectivity index (χ1n) is 10.5. The molecule has 30 heavy (non-hydrogen) atoms. The molecule has 2 fully saturated rings. The van der Waals surface area contributed by atoms with Gasteiger partial charge in [0.05, 0.1) is 22.9 Å². The van der Waals surface area contributed by atoms with Crippen LogP contribution < -0.4 is 16.1 Å². The molecular weight excluding hydrogens is 412 g/mol. The second kappa shape index (κ2) is 9.70. The molecule has 2 saturated heterocycles. The zero-order chi connectivity index (χ0) is 21.1. The fourth-order valence-corrected chi connectivity index (χ4v) is 5.15. The molecule has 4 rings (SSSR count). The first-order valence-corrected chi connectivity index (χ1v) is 11.6. The summed E-state index contributed by atoms with van der Waals surface area (Å²) >= 11 is 1.70. The molecule has 2 atom stereocenters. The van der Waals surface area contributed by atoms with E-state index in [9.17, 15) is 13.6 Å². The Morgan fingerprint density at radius 1 is 1.23 bits per heavy atom. The van der Waals surface area contributed by atoms with Gasteiger partial charge in [-0.15, -0.1) is 0 Å². The number of aromatic nitrogens is 2. The lowest BCUT2D eigenvalue weighted by atomic mass is 9.93. The average Bonchev–Trinajstić information content (AvgIpc) is 2.76. The predicted octanol–water partition coefficient (Wildman–Crippen LogP) is 1.65. The van der Waals surface area contributed by atoms with E-state index in [1.807, 2.05) is 6.92 Å². The van der Waals surface area contributed by atoms with E-state index >= 15 is 0 Å². The zero-order valence-corrected chi connectivity index (χ0v) is 17.9. The van der Waals surface area contributed by atoms with Crippen LogP contribution in [0.1, 0.15) is 38.4 Å². The van der Waals surface area contributed by atoms with Gasteiger partial charge >= 0.3 is 0 Å². The van der Waals surface area contributed by atoms with Gasteiger partial charge in [-0.3, -0.25) is 9.79 Å². The van der Waals surface area contributed by atoms with E-state index in [4.69, 9.17) is 9.47 Å². The fourth-order valence-electron chi connectivity index (χ4n) is 4.09. The van der Waals surface area contributed by atoms with Crippen molar-refractivity contribution in [2.45, 2.75) is 55.8 Å². The maximum Gasteiger partial charge on any atom is 0.261 e. The number of hydrogen-bond acceptors (Lipinski definition) is 6. The van der Waals surface area contributed by atoms with Crippen molar-refractivity contribution in [3.05, 3.63) is 26.7 Å². The number of aromatic amines is 1. The smallest absolute Gasteiger partial charge is 0.261 e. The van der Waals surface area contributed by atoms with Crippen LogP contribution in [0.2, 0.25) is 0 Å². The molecule has 0 bridgehead atoms. The molecule has 0 saturated carbocycles. The first-order chi connectivity index (χ1) is 14.5. The van der Waals surface area contributed by atoms with E-state index in [0.29, 0.717) is 30.0 Å². The third-order valence-electron chi connectivity index (χ3n) is 5.93. The van der Waals surface area contributed by atoms with Crippen molar-refractivity contribution < 1.29 is 18.3 Å². The Kier molecular flexibility index (Phi) is 7.00. The summed E-state index contributed by atoms with van der Waals surface area (Å²) in [6.07, 6.45) is 3.01. The van der Waals surface area contributed by atoms with Crippen LogP contribution >= 0.6 is 11.8 Å². The molecular formula is C21H27F2N3O3S. The molecule has 1 N–H and O–H groups in total. The van der Waals surface area contributed by atoms with E-state index in [2.05, 4.69) is 15.0 Å². The number of aliphatic imine (C=N–C) groups is 1. The van der Waals surface area contributed by atoms with Crippen LogP contribution in [0.25, 0.3) is 11.9 Å². The molecule has 0 amide bonds. The third-order valence-corrected chi connectivity index (χ3v) is 7.31. The molecule has 0 spiro atoms. The summed E-state index contributed by atoms with van der Waals surface area (Å²) in [5, 5.41) is 0.283. The van der Waals surface area contributed by atoms with Gasteiger partial charge in [-0.1, -0.05) is 0 Å². The number of thioether (sulfide) groups is 1. The fraction of sp³-hybridized carbons (Fsp3) is 0.667. The average molecular weight is 440 g/mol. The SMILES string of the molecule is CC(N=C1C=c2nc(CSC3CCOCC3)[nH]c(=O)c2=C(F)C1F)C1CCOCC1. The number of nitrogens with zero attached hydrogens (tertiary/aromatic N) is 2. The van der Waals surface area contributed by atoms with Crippen molar-refractivity contribution in [2.24, 2.45) is 10.9 Å². The standard InChI is InChI=1S/C21H27F2N3O3S/c1-12(13-2-6-28-7-3-13)24-16-10-15-18(20(23)19(16)22)21(27)26-17(25-15)11-30-14-4-8-29-9-5-14/h10,12-14,19H,2-9,11H2,1H3,(H,25,26,27). The Balaban J connectivity index is 1.60. The van der Waals surface area contributed by atoms with Crippen LogP contribution in [0.15, 0.2) is 9.79 Å². The molecule has 6 nitrogen and oxygen atoms in total. The molecule has 2 unspecified atom stereocenters. The van der Waals surface area contributed by atoms with Crippen LogP contribution in [-0.2, 0) is 15.2 Å². The monoisotopic (exact) mass is 439 g/mol. The van der Waals surface area contributed by atoms with Gasteiger partial charge in [0.25, 0.3) is 5.56 Å². The zero-order valence-electron chi connectivity index (χ0n) is 17.0. The van der Waals surface area contributed by atoms with Gasteiger partial charge in [-0.2, -0.15) is 11.8 Å². The van der Waals surface area contributed by atoms with Crippen molar-refractivity contribution in [1.29, 1.82) is 0 Å². The second-order valence-electron chi connectivity index (χ2n) is 7.99. The quantitative estimate of drug-likeness (QED) is 0.755. The molecule has 0 radical (unpaired) electrons. The topological polar surface area (TPSA) is 76.6 Å². The molecule has 0 aromatic carbocycles. The van der Waals surface area contributed by atoms with E-state index in [-0.39, 0.29) is 28.2 Å². The highest BCUT2D eigenvalue weighted by Gasteiger charge is 2.28. The summed E-state index contributed by atoms with van der Waals surface area (Å²) in [5.41, 5.74) is -0.643. The van der Waals surface area contributed by atoms with Crippen molar-refractivity contribution in [3.63, 3.8) is 0 Å². The van der Waals surface area contributed by atoms with Crippen LogP contribution in [0.5, 0.6) is 0 Å².